The van der Waals surface area contributed by atoms with Gasteiger partial charge in [-0.15, -0.1) is 11.3 Å². The first-order chi connectivity index (χ1) is 15.5. The number of hydrogen-bond acceptors (Lipinski definition) is 6. The SMILES string of the molecule is Cc1ccc(-c2noc(C(C)N3CCN(C(=O)c4cc5c(F)cccc5s4)CC3)n2)cc1. The van der Waals surface area contributed by atoms with Crippen molar-refractivity contribution in [3.63, 3.8) is 0 Å². The lowest BCUT2D eigenvalue weighted by Gasteiger charge is -2.36. The van der Waals surface area contributed by atoms with E-state index in [2.05, 4.69) is 15.0 Å². The molecule has 1 amide bonds. The molecule has 4 aromatic rings. The number of halogens is 1. The van der Waals surface area contributed by atoms with Gasteiger partial charge in [-0.05, 0) is 32.0 Å². The average Bonchev–Trinajstić information content (AvgIpc) is 3.47. The molecule has 32 heavy (non-hydrogen) atoms. The van der Waals surface area contributed by atoms with Crippen molar-refractivity contribution in [2.45, 2.75) is 19.9 Å². The second-order valence-electron chi connectivity index (χ2n) is 8.09. The Morgan fingerprint density at radius 3 is 2.59 bits per heavy atom. The lowest BCUT2D eigenvalue weighted by molar-refractivity contribution is 0.0556. The number of rotatable bonds is 4. The standard InChI is InChI=1S/C24H23FN4O2S/c1-15-6-8-17(9-7-15)22-26-23(31-27-22)16(2)28-10-12-29(13-11-28)24(30)21-14-18-19(25)4-3-5-20(18)32-21/h3-9,14,16H,10-13H2,1-2H3. The topological polar surface area (TPSA) is 62.5 Å². The lowest BCUT2D eigenvalue weighted by atomic mass is 10.1. The Labute approximate surface area is 189 Å². The van der Waals surface area contributed by atoms with E-state index in [1.54, 1.807) is 12.1 Å². The normalized spacial score (nSPS) is 15.9. The number of aryl methyl sites for hydroxylation is 1. The molecule has 2 aromatic heterocycles. The highest BCUT2D eigenvalue weighted by Crippen LogP contribution is 2.29. The van der Waals surface area contributed by atoms with Crippen LogP contribution in [0.4, 0.5) is 4.39 Å². The summed E-state index contributed by atoms with van der Waals surface area (Å²) >= 11 is 1.34. The van der Waals surface area contributed by atoms with E-state index in [0.717, 1.165) is 10.3 Å². The molecule has 0 N–H and O–H groups in total. The van der Waals surface area contributed by atoms with Crippen molar-refractivity contribution in [2.75, 3.05) is 26.2 Å². The fraction of sp³-hybridized carbons (Fsp3) is 0.292. The number of benzene rings is 2. The number of piperazine rings is 1. The third-order valence-corrected chi connectivity index (χ3v) is 7.07. The summed E-state index contributed by atoms with van der Waals surface area (Å²) in [6.07, 6.45) is 0. The molecule has 1 saturated heterocycles. The molecule has 164 valence electrons. The van der Waals surface area contributed by atoms with Gasteiger partial charge in [-0.3, -0.25) is 9.69 Å². The third-order valence-electron chi connectivity index (χ3n) is 5.98. The number of hydrogen-bond donors (Lipinski definition) is 0. The van der Waals surface area contributed by atoms with E-state index in [-0.39, 0.29) is 17.8 Å². The number of amides is 1. The Bertz CT molecular complexity index is 1260. The first kappa shape index (κ1) is 20.8. The highest BCUT2D eigenvalue weighted by Gasteiger charge is 2.29. The number of thiophene rings is 1. The van der Waals surface area contributed by atoms with Crippen molar-refractivity contribution in [1.82, 2.24) is 19.9 Å². The molecule has 1 aliphatic rings. The van der Waals surface area contributed by atoms with Crippen LogP contribution in [0.3, 0.4) is 0 Å². The maximum atomic E-state index is 14.0. The zero-order chi connectivity index (χ0) is 22.2. The predicted molar refractivity (Wildman–Crippen MR) is 122 cm³/mol. The van der Waals surface area contributed by atoms with Crippen LogP contribution < -0.4 is 0 Å². The Hall–Kier alpha value is -3.10. The molecule has 1 atom stereocenters. The Balaban J connectivity index is 1.23. The summed E-state index contributed by atoms with van der Waals surface area (Å²) in [7, 11) is 0. The highest BCUT2D eigenvalue weighted by molar-refractivity contribution is 7.20. The molecule has 1 aliphatic heterocycles. The summed E-state index contributed by atoms with van der Waals surface area (Å²) in [6, 6.07) is 14.6. The molecule has 0 radical (unpaired) electrons. The van der Waals surface area contributed by atoms with Crippen LogP contribution in [-0.2, 0) is 0 Å². The summed E-state index contributed by atoms with van der Waals surface area (Å²) < 4.78 is 20.3. The molecule has 0 spiro atoms. The van der Waals surface area contributed by atoms with Gasteiger partial charge in [0, 0.05) is 41.8 Å². The van der Waals surface area contributed by atoms with Crippen molar-refractivity contribution in [1.29, 1.82) is 0 Å². The molecule has 1 fully saturated rings. The molecule has 5 rings (SSSR count). The monoisotopic (exact) mass is 450 g/mol. The minimum absolute atomic E-state index is 0.0441. The van der Waals surface area contributed by atoms with Crippen LogP contribution in [0.15, 0.2) is 53.1 Å². The fourth-order valence-electron chi connectivity index (χ4n) is 3.98. The van der Waals surface area contributed by atoms with Crippen LogP contribution in [0, 0.1) is 12.7 Å². The van der Waals surface area contributed by atoms with Crippen LogP contribution >= 0.6 is 11.3 Å². The van der Waals surface area contributed by atoms with Gasteiger partial charge in [0.2, 0.25) is 11.7 Å². The second kappa shape index (κ2) is 8.44. The minimum Gasteiger partial charge on any atom is -0.337 e. The van der Waals surface area contributed by atoms with Crippen molar-refractivity contribution < 1.29 is 13.7 Å². The average molecular weight is 451 g/mol. The number of aromatic nitrogens is 2. The Kier molecular flexibility index (Phi) is 5.48. The van der Waals surface area contributed by atoms with E-state index in [0.29, 0.717) is 48.2 Å². The molecular weight excluding hydrogens is 427 g/mol. The van der Waals surface area contributed by atoms with Crippen LogP contribution in [0.2, 0.25) is 0 Å². The van der Waals surface area contributed by atoms with E-state index in [4.69, 9.17) is 4.52 Å². The number of carbonyl (C=O) groups excluding carboxylic acids is 1. The summed E-state index contributed by atoms with van der Waals surface area (Å²) in [5, 5.41) is 4.64. The van der Waals surface area contributed by atoms with Gasteiger partial charge in [0.15, 0.2) is 0 Å². The largest absolute Gasteiger partial charge is 0.337 e. The molecule has 2 aromatic carbocycles. The number of carbonyl (C=O) groups is 1. The highest BCUT2D eigenvalue weighted by atomic mass is 32.1. The minimum atomic E-state index is -0.291. The smallest absolute Gasteiger partial charge is 0.264 e. The summed E-state index contributed by atoms with van der Waals surface area (Å²) in [5.74, 6) is 0.816. The summed E-state index contributed by atoms with van der Waals surface area (Å²) in [4.78, 5) is 22.2. The van der Waals surface area contributed by atoms with Gasteiger partial charge in [-0.25, -0.2) is 4.39 Å². The van der Waals surface area contributed by atoms with Crippen LogP contribution in [0.25, 0.3) is 21.5 Å². The zero-order valence-electron chi connectivity index (χ0n) is 17.9. The molecule has 0 bridgehead atoms. The van der Waals surface area contributed by atoms with Crippen LogP contribution in [0.1, 0.15) is 34.1 Å². The van der Waals surface area contributed by atoms with E-state index in [1.165, 1.54) is 23.0 Å². The molecular formula is C24H23FN4O2S. The predicted octanol–water partition coefficient (Wildman–Crippen LogP) is 4.92. The van der Waals surface area contributed by atoms with E-state index in [9.17, 15) is 9.18 Å². The fourth-order valence-corrected chi connectivity index (χ4v) is 5.02. The molecule has 0 aliphatic carbocycles. The summed E-state index contributed by atoms with van der Waals surface area (Å²) in [5.41, 5.74) is 2.10. The summed E-state index contributed by atoms with van der Waals surface area (Å²) in [6.45, 7) is 6.68. The Morgan fingerprint density at radius 2 is 1.88 bits per heavy atom. The maximum absolute atomic E-state index is 14.0. The molecule has 6 nitrogen and oxygen atoms in total. The quantitative estimate of drug-likeness (QED) is 0.442. The second-order valence-corrected chi connectivity index (χ2v) is 9.17. The van der Waals surface area contributed by atoms with Crippen LogP contribution in [-0.4, -0.2) is 52.0 Å². The van der Waals surface area contributed by atoms with Gasteiger partial charge in [-0.2, -0.15) is 4.98 Å². The van der Waals surface area contributed by atoms with E-state index < -0.39 is 0 Å². The van der Waals surface area contributed by atoms with Gasteiger partial charge in [-0.1, -0.05) is 41.1 Å². The molecule has 3 heterocycles. The Morgan fingerprint density at radius 1 is 1.12 bits per heavy atom. The van der Waals surface area contributed by atoms with Gasteiger partial charge in [0.25, 0.3) is 5.91 Å². The van der Waals surface area contributed by atoms with Gasteiger partial charge >= 0.3 is 0 Å². The van der Waals surface area contributed by atoms with Crippen molar-refractivity contribution in [2.24, 2.45) is 0 Å². The lowest BCUT2D eigenvalue weighted by Crippen LogP contribution is -2.49. The van der Waals surface area contributed by atoms with Crippen molar-refractivity contribution >= 4 is 27.3 Å². The van der Waals surface area contributed by atoms with Gasteiger partial charge in [0.05, 0.1) is 10.9 Å². The zero-order valence-corrected chi connectivity index (χ0v) is 18.7. The van der Waals surface area contributed by atoms with Gasteiger partial charge < -0.3 is 9.42 Å². The first-order valence-corrected chi connectivity index (χ1v) is 11.4. The third kappa shape index (κ3) is 3.91. The van der Waals surface area contributed by atoms with Gasteiger partial charge in [0.1, 0.15) is 5.82 Å². The first-order valence-electron chi connectivity index (χ1n) is 10.6. The van der Waals surface area contributed by atoms with Crippen molar-refractivity contribution in [3.05, 3.63) is 70.7 Å². The molecule has 0 saturated carbocycles. The maximum Gasteiger partial charge on any atom is 0.264 e. The molecule has 8 heteroatoms. The number of nitrogens with zero attached hydrogens (tertiary/aromatic N) is 4. The van der Waals surface area contributed by atoms with E-state index >= 15 is 0 Å². The van der Waals surface area contributed by atoms with Crippen molar-refractivity contribution in [3.8, 4) is 11.4 Å². The number of fused-ring (bicyclic) bond motifs is 1. The van der Waals surface area contributed by atoms with E-state index in [1.807, 2.05) is 49.1 Å². The molecule has 1 unspecified atom stereocenters. The van der Waals surface area contributed by atoms with Crippen LogP contribution in [0.5, 0.6) is 0 Å².